The third-order valence-electron chi connectivity index (χ3n) is 6.36. The molecule has 2 aromatic carbocycles. The van der Waals surface area contributed by atoms with Crippen LogP contribution in [0.25, 0.3) is 0 Å². The number of likely N-dealkylation sites (tertiary alicyclic amines) is 1. The van der Waals surface area contributed by atoms with E-state index in [1.165, 1.54) is 74.8 Å². The zero-order valence-corrected chi connectivity index (χ0v) is 21.3. The predicted molar refractivity (Wildman–Crippen MR) is 143 cm³/mol. The molecule has 0 atom stereocenters. The van der Waals surface area contributed by atoms with Gasteiger partial charge in [0.1, 0.15) is 0 Å². The number of para-hydroxylation sites is 2. The summed E-state index contributed by atoms with van der Waals surface area (Å²) in [6.07, 6.45) is 8.10. The van der Waals surface area contributed by atoms with Crippen LogP contribution in [0.1, 0.15) is 69.1 Å². The lowest BCUT2D eigenvalue weighted by Crippen LogP contribution is -2.38. The average Bonchev–Trinajstić information content (AvgIpc) is 2.74. The molecule has 1 saturated heterocycles. The van der Waals surface area contributed by atoms with Crippen LogP contribution in [0.3, 0.4) is 0 Å². The summed E-state index contributed by atoms with van der Waals surface area (Å²) in [7, 11) is 0. The van der Waals surface area contributed by atoms with Crippen molar-refractivity contribution in [3.05, 3.63) is 59.2 Å². The Kier molecular flexibility index (Phi) is 13.0. The lowest BCUT2D eigenvalue weighted by molar-refractivity contribution is 0.112. The van der Waals surface area contributed by atoms with Crippen LogP contribution >= 0.6 is 0 Å². The molecule has 1 fully saturated rings. The highest BCUT2D eigenvalue weighted by atomic mass is 15.1. The molecule has 0 unspecified atom stereocenters. The van der Waals surface area contributed by atoms with Crippen molar-refractivity contribution in [1.82, 2.24) is 4.90 Å². The Balaban J connectivity index is 0.000000257. The van der Waals surface area contributed by atoms with Gasteiger partial charge in [-0.15, -0.1) is 0 Å². The Morgan fingerprint density at radius 2 is 1.28 bits per heavy atom. The summed E-state index contributed by atoms with van der Waals surface area (Å²) in [6, 6.07) is 13.8. The van der Waals surface area contributed by atoms with Crippen molar-refractivity contribution in [2.75, 3.05) is 37.6 Å². The molecule has 4 nitrogen and oxygen atoms in total. The molecule has 0 aromatic heterocycles. The number of rotatable bonds is 6. The highest BCUT2D eigenvalue weighted by Gasteiger charge is 2.28. The Labute approximate surface area is 197 Å². The van der Waals surface area contributed by atoms with Crippen molar-refractivity contribution in [2.45, 2.75) is 73.1 Å². The van der Waals surface area contributed by atoms with Crippen molar-refractivity contribution in [3.63, 3.8) is 0 Å². The number of hydrogen-bond acceptors (Lipinski definition) is 4. The van der Waals surface area contributed by atoms with Crippen LogP contribution in [0.4, 0.5) is 11.4 Å². The molecular formula is C28H48N4. The van der Waals surface area contributed by atoms with Crippen LogP contribution in [-0.2, 0) is 0 Å². The summed E-state index contributed by atoms with van der Waals surface area (Å²) in [6.45, 7) is 15.8. The van der Waals surface area contributed by atoms with Crippen molar-refractivity contribution in [1.29, 1.82) is 0 Å². The van der Waals surface area contributed by atoms with Gasteiger partial charge in [-0.1, -0.05) is 73.7 Å². The number of nitrogens with zero attached hydrogens (tertiary/aromatic N) is 1. The summed E-state index contributed by atoms with van der Waals surface area (Å²) >= 11 is 0. The van der Waals surface area contributed by atoms with Gasteiger partial charge in [0.05, 0.1) is 11.4 Å². The maximum atomic E-state index is 5.51. The second kappa shape index (κ2) is 14.9. The third-order valence-corrected chi connectivity index (χ3v) is 6.36. The first-order valence-corrected chi connectivity index (χ1v) is 12.3. The number of nitrogens with two attached hydrogens (primary N) is 3. The fraction of sp³-hybridized carbons (Fsp3) is 0.571. The minimum absolute atomic E-state index is 0.625. The van der Waals surface area contributed by atoms with E-state index in [1.54, 1.807) is 12.1 Å². The largest absolute Gasteiger partial charge is 0.397 e. The molecule has 1 aliphatic heterocycles. The lowest BCUT2D eigenvalue weighted by atomic mass is 9.76. The highest BCUT2D eigenvalue weighted by Crippen LogP contribution is 2.35. The van der Waals surface area contributed by atoms with E-state index in [2.05, 4.69) is 57.7 Å². The van der Waals surface area contributed by atoms with E-state index < -0.39 is 0 Å². The number of benzene rings is 2. The first-order chi connectivity index (χ1) is 15.2. The Morgan fingerprint density at radius 1 is 0.812 bits per heavy atom. The minimum atomic E-state index is 0.625. The molecule has 0 spiro atoms. The maximum Gasteiger partial charge on any atom is 0.0547 e. The molecule has 0 aliphatic carbocycles. The average molecular weight is 441 g/mol. The van der Waals surface area contributed by atoms with Gasteiger partial charge in [-0.3, -0.25) is 0 Å². The Bertz CT molecular complexity index is 692. The molecule has 0 saturated carbocycles. The highest BCUT2D eigenvalue weighted by molar-refractivity contribution is 5.62. The third kappa shape index (κ3) is 11.5. The molecule has 0 bridgehead atoms. The van der Waals surface area contributed by atoms with E-state index in [9.17, 15) is 0 Å². The zero-order chi connectivity index (χ0) is 24.0. The lowest BCUT2D eigenvalue weighted by Gasteiger charge is -2.39. The molecule has 6 N–H and O–H groups in total. The molecule has 4 heteroatoms. The van der Waals surface area contributed by atoms with E-state index in [0.717, 1.165) is 6.54 Å². The SMILES string of the molecule is CCN1CCC(C)(CCCCCN)CC1.Cc1cc(C)cc(C)c1.Nc1ccccc1N. The molecule has 1 aliphatic rings. The van der Waals surface area contributed by atoms with E-state index >= 15 is 0 Å². The predicted octanol–water partition coefficient (Wildman–Crippen LogP) is 6.09. The van der Waals surface area contributed by atoms with E-state index in [-0.39, 0.29) is 0 Å². The van der Waals surface area contributed by atoms with Crippen LogP contribution in [0.2, 0.25) is 0 Å². The van der Waals surface area contributed by atoms with Crippen LogP contribution < -0.4 is 17.2 Å². The smallest absolute Gasteiger partial charge is 0.0547 e. The van der Waals surface area contributed by atoms with Crippen LogP contribution in [0.15, 0.2) is 42.5 Å². The molecule has 32 heavy (non-hydrogen) atoms. The molecule has 2 aromatic rings. The van der Waals surface area contributed by atoms with Crippen LogP contribution in [0.5, 0.6) is 0 Å². The normalized spacial score (nSPS) is 15.2. The standard InChI is InChI=1S/C13H28N2.C9H12.C6H8N2/c1-3-15-11-8-13(2,9-12-15)7-5-4-6-10-14;1-7-4-8(2)6-9(3)5-7;7-5-3-1-2-4-6(5)8/h3-12,14H2,1-2H3;4-6H,1-3H3;1-4H,7-8H2. The monoisotopic (exact) mass is 440 g/mol. The van der Waals surface area contributed by atoms with Gasteiger partial charge >= 0.3 is 0 Å². The van der Waals surface area contributed by atoms with Gasteiger partial charge in [0.2, 0.25) is 0 Å². The summed E-state index contributed by atoms with van der Waals surface area (Å²) in [4.78, 5) is 2.57. The summed E-state index contributed by atoms with van der Waals surface area (Å²) in [5.41, 5.74) is 22.3. The molecule has 180 valence electrons. The summed E-state index contributed by atoms with van der Waals surface area (Å²) < 4.78 is 0. The van der Waals surface area contributed by atoms with Crippen LogP contribution in [0, 0.1) is 26.2 Å². The second-order valence-electron chi connectivity index (χ2n) is 9.64. The van der Waals surface area contributed by atoms with E-state index in [4.69, 9.17) is 17.2 Å². The van der Waals surface area contributed by atoms with Gasteiger partial charge in [0.25, 0.3) is 0 Å². The molecular weight excluding hydrogens is 392 g/mol. The van der Waals surface area contributed by atoms with Gasteiger partial charge < -0.3 is 22.1 Å². The van der Waals surface area contributed by atoms with Gasteiger partial charge in [-0.2, -0.15) is 0 Å². The van der Waals surface area contributed by atoms with Crippen molar-refractivity contribution in [3.8, 4) is 0 Å². The first-order valence-electron chi connectivity index (χ1n) is 12.3. The number of aryl methyl sites for hydroxylation is 3. The number of hydrogen-bond donors (Lipinski definition) is 3. The Hall–Kier alpha value is -2.04. The van der Waals surface area contributed by atoms with E-state index in [0.29, 0.717) is 16.8 Å². The van der Waals surface area contributed by atoms with Gasteiger partial charge in [-0.25, -0.2) is 0 Å². The quantitative estimate of drug-likeness (QED) is 0.375. The molecule has 0 radical (unpaired) electrons. The molecule has 1 heterocycles. The molecule has 3 rings (SSSR count). The second-order valence-corrected chi connectivity index (χ2v) is 9.64. The van der Waals surface area contributed by atoms with Crippen molar-refractivity contribution in [2.24, 2.45) is 11.1 Å². The number of piperidine rings is 1. The summed E-state index contributed by atoms with van der Waals surface area (Å²) in [5, 5.41) is 0. The van der Waals surface area contributed by atoms with Crippen LogP contribution in [-0.4, -0.2) is 31.1 Å². The van der Waals surface area contributed by atoms with Gasteiger partial charge in [0, 0.05) is 0 Å². The number of nitrogen functional groups attached to an aromatic ring is 2. The molecule has 0 amide bonds. The minimum Gasteiger partial charge on any atom is -0.397 e. The van der Waals surface area contributed by atoms with Gasteiger partial charge in [0.15, 0.2) is 0 Å². The topological polar surface area (TPSA) is 81.3 Å². The van der Waals surface area contributed by atoms with Crippen molar-refractivity contribution < 1.29 is 0 Å². The van der Waals surface area contributed by atoms with Gasteiger partial charge in [-0.05, 0) is 90.2 Å². The van der Waals surface area contributed by atoms with Crippen molar-refractivity contribution >= 4 is 11.4 Å². The zero-order valence-electron chi connectivity index (χ0n) is 21.3. The maximum absolute atomic E-state index is 5.51. The number of anilines is 2. The van der Waals surface area contributed by atoms with E-state index in [1.807, 2.05) is 12.1 Å². The fourth-order valence-electron chi connectivity index (χ4n) is 4.25. The fourth-order valence-corrected chi connectivity index (χ4v) is 4.25. The Morgan fingerprint density at radius 3 is 1.66 bits per heavy atom. The first kappa shape index (κ1) is 28.0. The number of unbranched alkanes of at least 4 members (excludes halogenated alkanes) is 2. The summed E-state index contributed by atoms with van der Waals surface area (Å²) in [5.74, 6) is 0.